The number of furan rings is 1. The molecule has 7 heteroatoms. The molecule has 1 heterocycles. The second-order valence-electron chi connectivity index (χ2n) is 7.74. The number of halogens is 1. The largest absolute Gasteiger partial charge is 0.495 e. The van der Waals surface area contributed by atoms with Gasteiger partial charge in [0.1, 0.15) is 17.6 Å². The highest BCUT2D eigenvalue weighted by atomic mass is 19.1. The Kier molecular flexibility index (Phi) is 6.54. The van der Waals surface area contributed by atoms with E-state index in [1.54, 1.807) is 42.5 Å². The van der Waals surface area contributed by atoms with Crippen molar-refractivity contribution >= 4 is 17.5 Å². The van der Waals surface area contributed by atoms with Gasteiger partial charge < -0.3 is 14.5 Å². The number of benzene rings is 2. The summed E-state index contributed by atoms with van der Waals surface area (Å²) >= 11 is 0. The van der Waals surface area contributed by atoms with Crippen LogP contribution in [-0.2, 0) is 4.79 Å². The Morgan fingerprint density at radius 1 is 1.06 bits per heavy atom. The standard InChI is InChI=1S/C25H25FN2O4/c1-31-21-14-7-6-13-20(21)28(25(30)22-15-8-16-32-22)23(18-11-4-5-12-19(18)26)24(29)27-17-9-2-3-10-17/h4-8,11-17,23H,2-3,9-10H2,1H3,(H,27,29)/t23-/m0/s1. The zero-order valence-corrected chi connectivity index (χ0v) is 17.8. The van der Waals surface area contributed by atoms with Gasteiger partial charge in [0.15, 0.2) is 5.76 Å². The van der Waals surface area contributed by atoms with Crippen LogP contribution in [0.15, 0.2) is 71.3 Å². The Morgan fingerprint density at radius 2 is 1.78 bits per heavy atom. The summed E-state index contributed by atoms with van der Waals surface area (Å²) in [6.07, 6.45) is 5.14. The highest BCUT2D eigenvalue weighted by Gasteiger charge is 2.38. The van der Waals surface area contributed by atoms with Crippen LogP contribution in [0.3, 0.4) is 0 Å². The van der Waals surface area contributed by atoms with Crippen LogP contribution >= 0.6 is 0 Å². The smallest absolute Gasteiger partial charge is 0.295 e. The minimum atomic E-state index is -1.26. The first-order valence-electron chi connectivity index (χ1n) is 10.6. The summed E-state index contributed by atoms with van der Waals surface area (Å²) in [5.41, 5.74) is 0.431. The van der Waals surface area contributed by atoms with Crippen LogP contribution in [0.1, 0.15) is 47.8 Å². The lowest BCUT2D eigenvalue weighted by atomic mass is 10.0. The van der Waals surface area contributed by atoms with Crippen molar-refractivity contribution in [1.29, 1.82) is 0 Å². The van der Waals surface area contributed by atoms with Crippen molar-refractivity contribution in [2.75, 3.05) is 12.0 Å². The number of carbonyl (C=O) groups excluding carboxylic acids is 2. The number of rotatable bonds is 7. The third kappa shape index (κ3) is 4.37. The number of nitrogens with one attached hydrogen (secondary N) is 1. The minimum Gasteiger partial charge on any atom is -0.495 e. The number of ether oxygens (including phenoxy) is 1. The van der Waals surface area contributed by atoms with Crippen LogP contribution in [-0.4, -0.2) is 25.0 Å². The first kappa shape index (κ1) is 21.6. The molecule has 32 heavy (non-hydrogen) atoms. The first-order chi connectivity index (χ1) is 15.6. The lowest BCUT2D eigenvalue weighted by Gasteiger charge is -2.32. The number of anilines is 1. The maximum atomic E-state index is 15.0. The minimum absolute atomic E-state index is 0.00462. The van der Waals surface area contributed by atoms with Gasteiger partial charge in [0, 0.05) is 11.6 Å². The fraction of sp³-hybridized carbons (Fsp3) is 0.280. The van der Waals surface area contributed by atoms with Crippen molar-refractivity contribution in [2.45, 2.75) is 37.8 Å². The Hall–Kier alpha value is -3.61. The van der Waals surface area contributed by atoms with Crippen molar-refractivity contribution in [3.05, 3.63) is 84.1 Å². The Bertz CT molecular complexity index is 1080. The van der Waals surface area contributed by atoms with E-state index >= 15 is 4.39 Å². The quantitative estimate of drug-likeness (QED) is 0.573. The Balaban J connectivity index is 1.86. The number of hydrogen-bond acceptors (Lipinski definition) is 4. The van der Waals surface area contributed by atoms with Crippen molar-refractivity contribution in [3.63, 3.8) is 0 Å². The highest BCUT2D eigenvalue weighted by Crippen LogP contribution is 2.37. The van der Waals surface area contributed by atoms with Gasteiger partial charge in [-0.1, -0.05) is 43.2 Å². The highest BCUT2D eigenvalue weighted by molar-refractivity contribution is 6.09. The van der Waals surface area contributed by atoms with Gasteiger partial charge in [-0.05, 0) is 43.2 Å². The molecule has 166 valence electrons. The van der Waals surface area contributed by atoms with E-state index in [4.69, 9.17) is 9.15 Å². The fourth-order valence-electron chi connectivity index (χ4n) is 4.16. The number of methoxy groups -OCH3 is 1. The average molecular weight is 436 g/mol. The van der Waals surface area contributed by atoms with Gasteiger partial charge in [0.05, 0.1) is 19.1 Å². The summed E-state index contributed by atoms with van der Waals surface area (Å²) in [6, 6.07) is 14.7. The molecule has 1 fully saturated rings. The summed E-state index contributed by atoms with van der Waals surface area (Å²) in [5.74, 6) is -1.19. The van der Waals surface area contributed by atoms with Gasteiger partial charge in [-0.3, -0.25) is 14.5 Å². The number of nitrogens with zero attached hydrogens (tertiary/aromatic N) is 1. The molecule has 2 aromatic carbocycles. The van der Waals surface area contributed by atoms with Crippen molar-refractivity contribution < 1.29 is 23.1 Å². The molecule has 1 aromatic heterocycles. The molecule has 1 aliphatic carbocycles. The summed E-state index contributed by atoms with van der Waals surface area (Å²) in [7, 11) is 1.48. The first-order valence-corrected chi connectivity index (χ1v) is 10.6. The molecular weight excluding hydrogens is 411 g/mol. The van der Waals surface area contributed by atoms with Crippen LogP contribution in [0.4, 0.5) is 10.1 Å². The zero-order chi connectivity index (χ0) is 22.5. The molecule has 3 aromatic rings. The van der Waals surface area contributed by atoms with E-state index in [0.717, 1.165) is 25.7 Å². The van der Waals surface area contributed by atoms with E-state index in [1.807, 2.05) is 0 Å². The van der Waals surface area contributed by atoms with Gasteiger partial charge in [-0.2, -0.15) is 0 Å². The maximum Gasteiger partial charge on any atom is 0.295 e. The van der Waals surface area contributed by atoms with E-state index in [0.29, 0.717) is 11.4 Å². The Morgan fingerprint density at radius 3 is 2.47 bits per heavy atom. The van der Waals surface area contributed by atoms with Crippen LogP contribution in [0.25, 0.3) is 0 Å². The molecule has 0 spiro atoms. The van der Waals surface area contributed by atoms with Gasteiger partial charge in [0.25, 0.3) is 5.91 Å². The monoisotopic (exact) mass is 436 g/mol. The van der Waals surface area contributed by atoms with Gasteiger partial charge >= 0.3 is 0 Å². The SMILES string of the molecule is COc1ccccc1N(C(=O)c1ccco1)[C@H](C(=O)NC1CCCC1)c1ccccc1F. The number of amides is 2. The van der Waals surface area contributed by atoms with Crippen LogP contribution in [0.2, 0.25) is 0 Å². The lowest BCUT2D eigenvalue weighted by molar-refractivity contribution is -0.123. The molecule has 0 saturated heterocycles. The summed E-state index contributed by atoms with van der Waals surface area (Å²) in [6.45, 7) is 0. The lowest BCUT2D eigenvalue weighted by Crippen LogP contribution is -2.46. The van der Waals surface area contributed by atoms with Crippen molar-refractivity contribution in [2.24, 2.45) is 0 Å². The molecular formula is C25H25FN2O4. The van der Waals surface area contributed by atoms with Gasteiger partial charge in [-0.25, -0.2) is 4.39 Å². The number of carbonyl (C=O) groups is 2. The zero-order valence-electron chi connectivity index (χ0n) is 17.8. The Labute approximate surface area is 186 Å². The van der Waals surface area contributed by atoms with Crippen LogP contribution in [0, 0.1) is 5.82 Å². The molecule has 2 amide bonds. The number of para-hydroxylation sites is 2. The van der Waals surface area contributed by atoms with E-state index in [2.05, 4.69) is 5.32 Å². The molecule has 1 atom stereocenters. The molecule has 1 saturated carbocycles. The molecule has 0 unspecified atom stereocenters. The second-order valence-corrected chi connectivity index (χ2v) is 7.74. The maximum absolute atomic E-state index is 15.0. The van der Waals surface area contributed by atoms with Gasteiger partial charge in [0.2, 0.25) is 5.91 Å². The molecule has 6 nitrogen and oxygen atoms in total. The number of hydrogen-bond donors (Lipinski definition) is 1. The average Bonchev–Trinajstić information content (AvgIpc) is 3.52. The topological polar surface area (TPSA) is 71.8 Å². The predicted octanol–water partition coefficient (Wildman–Crippen LogP) is 4.87. The van der Waals surface area contributed by atoms with E-state index in [-0.39, 0.29) is 17.4 Å². The summed E-state index contributed by atoms with van der Waals surface area (Å²) in [5, 5.41) is 3.02. The van der Waals surface area contributed by atoms with Crippen LogP contribution < -0.4 is 15.0 Å². The fourth-order valence-corrected chi connectivity index (χ4v) is 4.16. The van der Waals surface area contributed by atoms with Crippen molar-refractivity contribution in [1.82, 2.24) is 5.32 Å². The molecule has 1 aliphatic rings. The molecule has 0 radical (unpaired) electrons. The summed E-state index contributed by atoms with van der Waals surface area (Å²) < 4.78 is 25.8. The third-order valence-electron chi connectivity index (χ3n) is 5.70. The molecule has 4 rings (SSSR count). The van der Waals surface area contributed by atoms with Crippen LogP contribution in [0.5, 0.6) is 5.75 Å². The second kappa shape index (κ2) is 9.68. The van der Waals surface area contributed by atoms with E-state index in [1.165, 1.54) is 36.5 Å². The van der Waals surface area contributed by atoms with Crippen molar-refractivity contribution in [3.8, 4) is 5.75 Å². The van der Waals surface area contributed by atoms with Gasteiger partial charge in [-0.15, -0.1) is 0 Å². The predicted molar refractivity (Wildman–Crippen MR) is 118 cm³/mol. The summed E-state index contributed by atoms with van der Waals surface area (Å²) in [4.78, 5) is 28.5. The van der Waals surface area contributed by atoms with E-state index < -0.39 is 23.7 Å². The van der Waals surface area contributed by atoms with E-state index in [9.17, 15) is 9.59 Å². The normalized spacial score (nSPS) is 14.7. The third-order valence-corrected chi connectivity index (χ3v) is 5.70. The molecule has 1 N–H and O–H groups in total. The molecule has 0 aliphatic heterocycles. The molecule has 0 bridgehead atoms.